The number of unbranched alkanes of at least 4 members (excludes halogenated alkanes) is 2. The van der Waals surface area contributed by atoms with Crippen molar-refractivity contribution in [1.29, 1.82) is 0 Å². The second kappa shape index (κ2) is 13.3. The number of rotatable bonds is 14. The van der Waals surface area contributed by atoms with Gasteiger partial charge in [0, 0.05) is 13.7 Å². The smallest absolute Gasteiger partial charge is 0.200 e. The second-order valence-electron chi connectivity index (χ2n) is 8.74. The number of aliphatic hydroxyl groups is 1. The molecule has 0 bridgehead atoms. The van der Waals surface area contributed by atoms with Crippen LogP contribution in [0.3, 0.4) is 0 Å². The Hall–Kier alpha value is -0.153. The first kappa shape index (κ1) is 26.9. The second-order valence-corrected chi connectivity index (χ2v) is 15.3. The van der Waals surface area contributed by atoms with Crippen LogP contribution in [0.5, 0.6) is 5.75 Å². The molecule has 1 rings (SSSR count). The third-order valence-electron chi connectivity index (χ3n) is 5.87. The maximum absolute atomic E-state index is 10.6. The molecule has 1 N–H and O–H groups in total. The maximum Gasteiger partial charge on any atom is 0.200 e. The van der Waals surface area contributed by atoms with E-state index in [1.807, 2.05) is 18.2 Å². The predicted octanol–water partition coefficient (Wildman–Crippen LogP) is 7.06. The van der Waals surface area contributed by atoms with Crippen molar-refractivity contribution < 1.29 is 19.0 Å². The lowest BCUT2D eigenvalue weighted by Gasteiger charge is -2.42. The zero-order chi connectivity index (χ0) is 22.0. The van der Waals surface area contributed by atoms with Crippen molar-refractivity contribution in [2.45, 2.75) is 90.0 Å². The molecule has 0 saturated carbocycles. The summed E-state index contributed by atoms with van der Waals surface area (Å²) in [7, 11) is -0.159. The van der Waals surface area contributed by atoms with Crippen molar-refractivity contribution in [1.82, 2.24) is 0 Å². The SMILES string of the molecule is COCOc1cccc(C(O)CCCCCO[Si](C(C)C)(C(C)C)C(C)C)c1I. The molecule has 1 aromatic rings. The Morgan fingerprint density at radius 2 is 1.59 bits per heavy atom. The summed E-state index contributed by atoms with van der Waals surface area (Å²) in [5, 5.41) is 10.6. The van der Waals surface area contributed by atoms with Crippen LogP contribution < -0.4 is 4.74 Å². The lowest BCUT2D eigenvalue weighted by Crippen LogP contribution is -2.47. The van der Waals surface area contributed by atoms with E-state index in [4.69, 9.17) is 13.9 Å². The molecule has 4 nitrogen and oxygen atoms in total. The first-order chi connectivity index (χ1) is 13.7. The van der Waals surface area contributed by atoms with Crippen LogP contribution in [0.15, 0.2) is 18.2 Å². The average molecular weight is 537 g/mol. The Morgan fingerprint density at radius 3 is 2.14 bits per heavy atom. The Morgan fingerprint density at radius 1 is 0.966 bits per heavy atom. The van der Waals surface area contributed by atoms with Crippen molar-refractivity contribution in [3.63, 3.8) is 0 Å². The van der Waals surface area contributed by atoms with Crippen molar-refractivity contribution in [2.75, 3.05) is 20.5 Å². The molecule has 1 unspecified atom stereocenters. The molecule has 168 valence electrons. The van der Waals surface area contributed by atoms with Gasteiger partial charge >= 0.3 is 0 Å². The van der Waals surface area contributed by atoms with Gasteiger partial charge in [-0.25, -0.2) is 0 Å². The fourth-order valence-corrected chi connectivity index (χ4v) is 10.9. The highest BCUT2D eigenvalue weighted by molar-refractivity contribution is 14.1. The highest BCUT2D eigenvalue weighted by Crippen LogP contribution is 2.42. The summed E-state index contributed by atoms with van der Waals surface area (Å²) in [6.45, 7) is 15.0. The zero-order valence-electron chi connectivity index (χ0n) is 19.3. The summed E-state index contributed by atoms with van der Waals surface area (Å²) in [5.74, 6) is 0.759. The molecule has 0 amide bonds. The minimum absolute atomic E-state index is 0.212. The molecule has 0 aliphatic heterocycles. The van der Waals surface area contributed by atoms with E-state index in [2.05, 4.69) is 64.1 Å². The van der Waals surface area contributed by atoms with Gasteiger partial charge in [-0.3, -0.25) is 0 Å². The number of hydrogen-bond acceptors (Lipinski definition) is 4. The number of aliphatic hydroxyl groups excluding tert-OH is 1. The third-order valence-corrected chi connectivity index (χ3v) is 13.1. The maximum atomic E-state index is 10.6. The van der Waals surface area contributed by atoms with Gasteiger partial charge in [-0.2, -0.15) is 0 Å². The van der Waals surface area contributed by atoms with Crippen LogP contribution in [0.4, 0.5) is 0 Å². The van der Waals surface area contributed by atoms with Gasteiger partial charge in [-0.05, 0) is 63.7 Å². The standard InChI is InChI=1S/C23H41IO4Si/c1-17(2)29(18(3)4,19(5)6)28-15-10-8-9-13-21(25)20-12-11-14-22(23(20)24)27-16-26-7/h11-12,14,17-19,21,25H,8-10,13,15-16H2,1-7H3. The van der Waals surface area contributed by atoms with Gasteiger partial charge in [0.15, 0.2) is 15.1 Å². The average Bonchev–Trinajstić information content (AvgIpc) is 2.65. The normalized spacial score (nSPS) is 13.5. The van der Waals surface area contributed by atoms with Crippen LogP contribution >= 0.6 is 22.6 Å². The van der Waals surface area contributed by atoms with Gasteiger partial charge in [-0.1, -0.05) is 66.5 Å². The predicted molar refractivity (Wildman–Crippen MR) is 132 cm³/mol. The molecule has 0 aliphatic carbocycles. The van der Waals surface area contributed by atoms with Gasteiger partial charge in [0.1, 0.15) is 5.75 Å². The minimum atomic E-state index is -1.76. The monoisotopic (exact) mass is 536 g/mol. The summed E-state index contributed by atoms with van der Waals surface area (Å²) in [5.41, 5.74) is 2.80. The van der Waals surface area contributed by atoms with E-state index in [1.54, 1.807) is 7.11 Å². The molecule has 0 saturated heterocycles. The molecule has 1 atom stereocenters. The largest absolute Gasteiger partial charge is 0.466 e. The van der Waals surface area contributed by atoms with Crippen LogP contribution in [0.25, 0.3) is 0 Å². The van der Waals surface area contributed by atoms with Crippen LogP contribution in [-0.2, 0) is 9.16 Å². The number of halogens is 1. The van der Waals surface area contributed by atoms with Crippen molar-refractivity contribution in [3.05, 3.63) is 27.3 Å². The Kier molecular flexibility index (Phi) is 12.3. The molecular formula is C23H41IO4Si. The van der Waals surface area contributed by atoms with E-state index in [1.165, 1.54) is 0 Å². The molecular weight excluding hydrogens is 495 g/mol. The third kappa shape index (κ3) is 7.49. The van der Waals surface area contributed by atoms with Crippen LogP contribution in [0.2, 0.25) is 16.6 Å². The van der Waals surface area contributed by atoms with E-state index in [9.17, 15) is 5.11 Å². The van der Waals surface area contributed by atoms with Gasteiger partial charge in [0.05, 0.1) is 9.67 Å². The minimum Gasteiger partial charge on any atom is -0.466 e. The molecule has 0 radical (unpaired) electrons. The quantitative estimate of drug-likeness (QED) is 0.120. The highest BCUT2D eigenvalue weighted by atomic mass is 127. The summed E-state index contributed by atoms with van der Waals surface area (Å²) >= 11 is 2.24. The number of benzene rings is 1. The van der Waals surface area contributed by atoms with Crippen LogP contribution in [0.1, 0.15) is 78.9 Å². The van der Waals surface area contributed by atoms with E-state index in [-0.39, 0.29) is 6.79 Å². The summed E-state index contributed by atoms with van der Waals surface area (Å²) in [6.07, 6.45) is 3.41. The molecule has 0 aliphatic rings. The Labute approximate surface area is 193 Å². The molecule has 29 heavy (non-hydrogen) atoms. The lowest BCUT2D eigenvalue weighted by atomic mass is 10.0. The Bertz CT molecular complexity index is 570. The van der Waals surface area contributed by atoms with E-state index < -0.39 is 14.4 Å². The Balaban J connectivity index is 2.49. The van der Waals surface area contributed by atoms with Gasteiger partial charge in [0.2, 0.25) is 0 Å². The molecule has 0 aromatic heterocycles. The fourth-order valence-electron chi connectivity index (χ4n) is 4.54. The molecule has 0 fully saturated rings. The topological polar surface area (TPSA) is 47.9 Å². The lowest BCUT2D eigenvalue weighted by molar-refractivity contribution is 0.0501. The van der Waals surface area contributed by atoms with Gasteiger partial charge in [-0.15, -0.1) is 0 Å². The summed E-state index contributed by atoms with van der Waals surface area (Å²) in [6, 6.07) is 5.80. The zero-order valence-corrected chi connectivity index (χ0v) is 22.5. The number of hydrogen-bond donors (Lipinski definition) is 1. The molecule has 0 spiro atoms. The van der Waals surface area contributed by atoms with Gasteiger partial charge in [0.25, 0.3) is 0 Å². The number of ether oxygens (including phenoxy) is 2. The molecule has 6 heteroatoms. The fraction of sp³-hybridized carbons (Fsp3) is 0.739. The number of methoxy groups -OCH3 is 1. The molecule has 0 heterocycles. The molecule has 1 aromatic carbocycles. The van der Waals surface area contributed by atoms with Crippen molar-refractivity contribution in [2.24, 2.45) is 0 Å². The summed E-state index contributed by atoms with van der Waals surface area (Å²) in [4.78, 5) is 0. The van der Waals surface area contributed by atoms with Crippen LogP contribution in [-0.4, -0.2) is 33.9 Å². The van der Waals surface area contributed by atoms with E-state index in [0.29, 0.717) is 16.6 Å². The summed E-state index contributed by atoms with van der Waals surface area (Å²) < 4.78 is 18.1. The van der Waals surface area contributed by atoms with E-state index >= 15 is 0 Å². The van der Waals surface area contributed by atoms with Crippen molar-refractivity contribution >= 4 is 30.9 Å². The first-order valence-corrected chi connectivity index (χ1v) is 14.1. The van der Waals surface area contributed by atoms with Crippen LogP contribution in [0, 0.1) is 3.57 Å². The first-order valence-electron chi connectivity index (χ1n) is 10.9. The van der Waals surface area contributed by atoms with E-state index in [0.717, 1.165) is 47.2 Å². The highest BCUT2D eigenvalue weighted by Gasteiger charge is 2.44. The van der Waals surface area contributed by atoms with Crippen molar-refractivity contribution in [3.8, 4) is 5.75 Å². The van der Waals surface area contributed by atoms with Gasteiger partial charge < -0.3 is 19.0 Å².